The fourth-order valence-electron chi connectivity index (χ4n) is 2.90. The second-order valence-electron chi connectivity index (χ2n) is 6.29. The van der Waals surface area contributed by atoms with Crippen LogP contribution in [0.4, 0.5) is 5.82 Å². The number of hydrogen-bond donors (Lipinski definition) is 1. The molecule has 3 rings (SSSR count). The fraction of sp³-hybridized carbons (Fsp3) is 0.200. The summed E-state index contributed by atoms with van der Waals surface area (Å²) < 4.78 is 2.10. The summed E-state index contributed by atoms with van der Waals surface area (Å²) in [6.45, 7) is 2.63. The number of nitrogens with zero attached hydrogens (tertiary/aromatic N) is 3. The number of rotatable bonds is 4. The lowest BCUT2D eigenvalue weighted by Gasteiger charge is -2.14. The summed E-state index contributed by atoms with van der Waals surface area (Å²) in [5.41, 5.74) is 10.1. The van der Waals surface area contributed by atoms with Crippen molar-refractivity contribution in [3.05, 3.63) is 65.5 Å². The van der Waals surface area contributed by atoms with Crippen molar-refractivity contribution in [3.63, 3.8) is 0 Å². The quantitative estimate of drug-likeness (QED) is 0.746. The van der Waals surface area contributed by atoms with Crippen molar-refractivity contribution >= 4 is 28.7 Å². The van der Waals surface area contributed by atoms with Crippen molar-refractivity contribution in [1.29, 1.82) is 0 Å². The number of fused-ring (bicyclic) bond motifs is 1. The van der Waals surface area contributed by atoms with Gasteiger partial charge in [-0.2, -0.15) is 0 Å². The van der Waals surface area contributed by atoms with Gasteiger partial charge in [-0.1, -0.05) is 12.1 Å². The number of likely N-dealkylation sites (N-methyl/N-ethyl adjacent to an activating group) is 1. The molecule has 0 spiro atoms. The van der Waals surface area contributed by atoms with E-state index < -0.39 is 0 Å². The first kappa shape index (κ1) is 16.8. The van der Waals surface area contributed by atoms with Gasteiger partial charge in [-0.05, 0) is 42.3 Å². The summed E-state index contributed by atoms with van der Waals surface area (Å²) in [6.07, 6.45) is 6.94. The van der Waals surface area contributed by atoms with Gasteiger partial charge in [0, 0.05) is 55.6 Å². The normalized spacial score (nSPS) is 11.3. The van der Waals surface area contributed by atoms with E-state index in [-0.39, 0.29) is 5.91 Å². The van der Waals surface area contributed by atoms with Gasteiger partial charge in [0.1, 0.15) is 5.82 Å². The highest BCUT2D eigenvalue weighted by molar-refractivity contribution is 5.92. The molecule has 0 fully saturated rings. The summed E-state index contributed by atoms with van der Waals surface area (Å²) in [4.78, 5) is 18.1. The average Bonchev–Trinajstić information content (AvgIpc) is 2.89. The molecule has 0 saturated heterocycles. The monoisotopic (exact) mass is 334 g/mol. The van der Waals surface area contributed by atoms with Gasteiger partial charge in [-0.15, -0.1) is 0 Å². The number of hydrogen-bond acceptors (Lipinski definition) is 3. The molecule has 2 aromatic heterocycles. The van der Waals surface area contributed by atoms with E-state index in [1.807, 2.05) is 13.1 Å². The van der Waals surface area contributed by atoms with Crippen LogP contribution < -0.4 is 5.73 Å². The van der Waals surface area contributed by atoms with Crippen LogP contribution in [0.1, 0.15) is 16.7 Å². The molecule has 128 valence electrons. The van der Waals surface area contributed by atoms with Crippen LogP contribution in [0.3, 0.4) is 0 Å². The topological polar surface area (TPSA) is 64.2 Å². The molecule has 2 heterocycles. The third kappa shape index (κ3) is 3.55. The number of nitrogen functional groups attached to an aromatic ring is 1. The van der Waals surface area contributed by atoms with Gasteiger partial charge in [0.15, 0.2) is 0 Å². The van der Waals surface area contributed by atoms with Gasteiger partial charge >= 0.3 is 0 Å². The molecule has 25 heavy (non-hydrogen) atoms. The van der Waals surface area contributed by atoms with Crippen LogP contribution >= 0.6 is 0 Å². The first-order valence-electron chi connectivity index (χ1n) is 8.14. The third-order valence-corrected chi connectivity index (χ3v) is 4.29. The highest BCUT2D eigenvalue weighted by Crippen LogP contribution is 2.23. The molecule has 0 bridgehead atoms. The Bertz CT molecular complexity index is 955. The van der Waals surface area contributed by atoms with E-state index in [4.69, 9.17) is 5.73 Å². The zero-order chi connectivity index (χ0) is 18.0. The number of carbonyl (C=O) groups is 1. The first-order valence-corrected chi connectivity index (χ1v) is 8.14. The second kappa shape index (κ2) is 6.81. The minimum absolute atomic E-state index is 0.0765. The third-order valence-electron chi connectivity index (χ3n) is 4.29. The molecule has 0 aliphatic heterocycles. The van der Waals surface area contributed by atoms with E-state index in [1.54, 1.807) is 30.3 Å². The van der Waals surface area contributed by atoms with Crippen molar-refractivity contribution in [3.8, 4) is 0 Å². The molecular weight excluding hydrogens is 312 g/mol. The second-order valence-corrected chi connectivity index (χ2v) is 6.29. The number of benzene rings is 1. The number of pyridine rings is 1. The molecule has 0 aliphatic rings. The Hall–Kier alpha value is -3.08. The van der Waals surface area contributed by atoms with Gasteiger partial charge in [-0.25, -0.2) is 4.98 Å². The smallest absolute Gasteiger partial charge is 0.246 e. The molecular formula is C20H22N4O. The molecule has 1 aromatic carbocycles. The van der Waals surface area contributed by atoms with Crippen LogP contribution in [0.2, 0.25) is 0 Å². The summed E-state index contributed by atoms with van der Waals surface area (Å²) in [7, 11) is 3.82. The van der Waals surface area contributed by atoms with Crippen LogP contribution in [0.15, 0.2) is 48.8 Å². The van der Waals surface area contributed by atoms with Crippen molar-refractivity contribution < 1.29 is 4.79 Å². The fourth-order valence-corrected chi connectivity index (χ4v) is 2.90. The maximum Gasteiger partial charge on any atom is 0.246 e. The Morgan fingerprint density at radius 3 is 2.92 bits per heavy atom. The minimum Gasteiger partial charge on any atom is -0.383 e. The number of amides is 1. The standard InChI is InChI=1S/C20H22N4O/c1-14-6-8-17-16(12-23(2)18(17)11-14)13-24(3)19(25)9-7-15-5-4-10-22-20(15)21/h4-12H,13H2,1-3H3,(H2,21,22). The lowest BCUT2D eigenvalue weighted by Crippen LogP contribution is -2.24. The minimum atomic E-state index is -0.0765. The van der Waals surface area contributed by atoms with Crippen molar-refractivity contribution in [2.75, 3.05) is 12.8 Å². The Morgan fingerprint density at radius 1 is 1.36 bits per heavy atom. The SMILES string of the molecule is Cc1ccc2c(CN(C)C(=O)C=Cc3cccnc3N)cn(C)c2c1. The lowest BCUT2D eigenvalue weighted by molar-refractivity contribution is -0.125. The van der Waals surface area contributed by atoms with E-state index in [0.29, 0.717) is 12.4 Å². The zero-order valence-electron chi connectivity index (χ0n) is 14.7. The summed E-state index contributed by atoms with van der Waals surface area (Å²) in [6, 6.07) is 10.00. The number of aryl methyl sites for hydroxylation is 2. The van der Waals surface area contributed by atoms with Gasteiger partial charge in [0.05, 0.1) is 0 Å². The first-order chi connectivity index (χ1) is 12.0. The predicted octanol–water partition coefficient (Wildman–Crippen LogP) is 3.14. The molecule has 2 N–H and O–H groups in total. The van der Waals surface area contributed by atoms with Crippen molar-refractivity contribution in [2.45, 2.75) is 13.5 Å². The van der Waals surface area contributed by atoms with Crippen molar-refractivity contribution in [2.24, 2.45) is 7.05 Å². The number of nitrogens with two attached hydrogens (primary N) is 1. The van der Waals surface area contributed by atoms with Gasteiger partial charge in [-0.3, -0.25) is 4.79 Å². The van der Waals surface area contributed by atoms with Crippen LogP contribution in [0.25, 0.3) is 17.0 Å². The Morgan fingerprint density at radius 2 is 2.16 bits per heavy atom. The van der Waals surface area contributed by atoms with Crippen molar-refractivity contribution in [1.82, 2.24) is 14.5 Å². The molecule has 1 amide bonds. The molecule has 0 aliphatic carbocycles. The molecule has 0 radical (unpaired) electrons. The number of aromatic nitrogens is 2. The molecule has 3 aromatic rings. The lowest BCUT2D eigenvalue weighted by atomic mass is 10.1. The Balaban J connectivity index is 1.77. The highest BCUT2D eigenvalue weighted by atomic mass is 16.2. The maximum atomic E-state index is 12.4. The summed E-state index contributed by atoms with van der Waals surface area (Å²) in [5, 5.41) is 1.17. The molecule has 0 unspecified atom stereocenters. The van der Waals surface area contributed by atoms with Crippen LogP contribution in [-0.2, 0) is 18.4 Å². The number of carbonyl (C=O) groups excluding carboxylic acids is 1. The molecule has 5 heteroatoms. The van der Waals surface area contributed by atoms with E-state index in [1.165, 1.54) is 22.5 Å². The van der Waals surface area contributed by atoms with E-state index in [0.717, 1.165) is 11.1 Å². The van der Waals surface area contributed by atoms with Crippen LogP contribution in [0, 0.1) is 6.92 Å². The van der Waals surface area contributed by atoms with Gasteiger partial charge in [0.25, 0.3) is 0 Å². The summed E-state index contributed by atoms with van der Waals surface area (Å²) >= 11 is 0. The maximum absolute atomic E-state index is 12.4. The van der Waals surface area contributed by atoms with Crippen LogP contribution in [-0.4, -0.2) is 27.4 Å². The van der Waals surface area contributed by atoms with Gasteiger partial charge < -0.3 is 15.2 Å². The largest absolute Gasteiger partial charge is 0.383 e. The Labute approximate surface area is 147 Å². The number of anilines is 1. The van der Waals surface area contributed by atoms with Crippen LogP contribution in [0.5, 0.6) is 0 Å². The van der Waals surface area contributed by atoms with E-state index in [2.05, 4.69) is 40.9 Å². The average molecular weight is 334 g/mol. The molecule has 0 saturated carbocycles. The summed E-state index contributed by atoms with van der Waals surface area (Å²) in [5.74, 6) is 0.339. The molecule has 5 nitrogen and oxygen atoms in total. The van der Waals surface area contributed by atoms with E-state index >= 15 is 0 Å². The predicted molar refractivity (Wildman–Crippen MR) is 102 cm³/mol. The molecule has 0 atom stereocenters. The zero-order valence-corrected chi connectivity index (χ0v) is 14.7. The van der Waals surface area contributed by atoms with Gasteiger partial charge in [0.2, 0.25) is 5.91 Å². The van der Waals surface area contributed by atoms with E-state index in [9.17, 15) is 4.79 Å². The Kier molecular flexibility index (Phi) is 4.57. The highest BCUT2D eigenvalue weighted by Gasteiger charge is 2.11.